The van der Waals surface area contributed by atoms with Gasteiger partial charge in [-0.3, -0.25) is 14.6 Å². The highest BCUT2D eigenvalue weighted by molar-refractivity contribution is 6.44. The van der Waals surface area contributed by atoms with Crippen LogP contribution >= 0.6 is 0 Å². The number of nitrogens with one attached hydrogen (secondary N) is 1. The Morgan fingerprint density at radius 1 is 1.19 bits per heavy atom. The van der Waals surface area contributed by atoms with E-state index in [1.165, 1.54) is 29.3 Å². The third kappa shape index (κ3) is 4.45. The summed E-state index contributed by atoms with van der Waals surface area (Å²) in [5.74, 6) is -0.991. The Morgan fingerprint density at radius 2 is 1.97 bits per heavy atom. The quantitative estimate of drug-likeness (QED) is 0.639. The standard InChI is InChI=1S/C22H21FN6O2/c1-14-3-2-4-15(11-14)13-28-20(9-10-25-28)26-22(31)18-12-19(21(24)30)29(27-18)17-7-5-16(23)6-8-17/h2-11,19H,12-13H2,1H3,(H2,24,30)(H,26,31). The minimum Gasteiger partial charge on any atom is -0.368 e. The summed E-state index contributed by atoms with van der Waals surface area (Å²) in [5.41, 5.74) is 8.30. The fourth-order valence-corrected chi connectivity index (χ4v) is 3.44. The molecule has 2 aromatic carbocycles. The van der Waals surface area contributed by atoms with Gasteiger partial charge in [0.15, 0.2) is 0 Å². The molecule has 9 heteroatoms. The number of carbonyl (C=O) groups excluding carboxylic acids is 2. The molecule has 1 aromatic heterocycles. The molecule has 8 nitrogen and oxygen atoms in total. The first-order chi connectivity index (χ1) is 14.9. The molecule has 0 saturated carbocycles. The van der Waals surface area contributed by atoms with Crippen LogP contribution in [0.15, 0.2) is 65.9 Å². The topological polar surface area (TPSA) is 106 Å². The van der Waals surface area contributed by atoms with E-state index in [1.807, 2.05) is 31.2 Å². The van der Waals surface area contributed by atoms with Crippen molar-refractivity contribution in [3.05, 3.63) is 77.7 Å². The monoisotopic (exact) mass is 420 g/mol. The molecule has 1 unspecified atom stereocenters. The Morgan fingerprint density at radius 3 is 2.68 bits per heavy atom. The van der Waals surface area contributed by atoms with Crippen LogP contribution in [0.4, 0.5) is 15.9 Å². The Hall–Kier alpha value is -4.01. The van der Waals surface area contributed by atoms with Crippen molar-refractivity contribution in [2.24, 2.45) is 10.8 Å². The van der Waals surface area contributed by atoms with Crippen molar-refractivity contribution in [2.75, 3.05) is 10.3 Å². The number of benzene rings is 2. The van der Waals surface area contributed by atoms with Crippen LogP contribution in [0.5, 0.6) is 0 Å². The van der Waals surface area contributed by atoms with E-state index in [0.29, 0.717) is 18.1 Å². The van der Waals surface area contributed by atoms with Crippen LogP contribution in [0.3, 0.4) is 0 Å². The summed E-state index contributed by atoms with van der Waals surface area (Å²) in [6, 6.07) is 14.3. The number of hydrogen-bond donors (Lipinski definition) is 2. The van der Waals surface area contributed by atoms with Gasteiger partial charge in [0, 0.05) is 12.5 Å². The van der Waals surface area contributed by atoms with E-state index < -0.39 is 23.7 Å². The maximum atomic E-state index is 13.2. The van der Waals surface area contributed by atoms with E-state index in [4.69, 9.17) is 5.73 Å². The second-order valence-electron chi connectivity index (χ2n) is 7.31. The number of hydrogen-bond acceptors (Lipinski definition) is 5. The smallest absolute Gasteiger partial charge is 0.273 e. The summed E-state index contributed by atoms with van der Waals surface area (Å²) in [6.07, 6.45) is 1.64. The molecule has 0 saturated heterocycles. The summed E-state index contributed by atoms with van der Waals surface area (Å²) < 4.78 is 14.9. The third-order valence-corrected chi connectivity index (χ3v) is 4.97. The van der Waals surface area contributed by atoms with Crippen molar-refractivity contribution in [2.45, 2.75) is 25.9 Å². The average Bonchev–Trinajstić information content (AvgIpc) is 3.36. The molecule has 0 bridgehead atoms. The number of halogens is 1. The molecular formula is C22H21FN6O2. The SMILES string of the molecule is Cc1cccc(Cn2nccc2NC(=O)C2=NN(c3ccc(F)cc3)C(C(N)=O)C2)c1. The second-order valence-corrected chi connectivity index (χ2v) is 7.31. The molecule has 3 aromatic rings. The van der Waals surface area contributed by atoms with E-state index in [2.05, 4.69) is 15.5 Å². The normalized spacial score (nSPS) is 15.6. The van der Waals surface area contributed by atoms with E-state index in [-0.39, 0.29) is 12.1 Å². The fraction of sp³-hybridized carbons (Fsp3) is 0.182. The zero-order valence-electron chi connectivity index (χ0n) is 16.8. The highest BCUT2D eigenvalue weighted by Crippen LogP contribution is 2.25. The van der Waals surface area contributed by atoms with E-state index in [0.717, 1.165) is 11.1 Å². The van der Waals surface area contributed by atoms with Gasteiger partial charge in [0.25, 0.3) is 5.91 Å². The molecule has 0 aliphatic carbocycles. The molecule has 4 rings (SSSR count). The van der Waals surface area contributed by atoms with Crippen LogP contribution < -0.4 is 16.1 Å². The Labute approximate surface area is 178 Å². The molecule has 2 amide bonds. The molecule has 1 aliphatic heterocycles. The number of nitrogens with two attached hydrogens (primary N) is 1. The van der Waals surface area contributed by atoms with Gasteiger partial charge in [-0.05, 0) is 36.8 Å². The van der Waals surface area contributed by atoms with Gasteiger partial charge in [0.1, 0.15) is 23.4 Å². The van der Waals surface area contributed by atoms with Gasteiger partial charge in [-0.25, -0.2) is 9.07 Å². The molecule has 0 radical (unpaired) electrons. The molecule has 1 atom stereocenters. The number of nitrogens with zero attached hydrogens (tertiary/aromatic N) is 4. The number of anilines is 2. The number of aromatic nitrogens is 2. The lowest BCUT2D eigenvalue weighted by atomic mass is 10.1. The number of aryl methyl sites for hydroxylation is 1. The van der Waals surface area contributed by atoms with Gasteiger partial charge in [-0.2, -0.15) is 10.2 Å². The van der Waals surface area contributed by atoms with Crippen LogP contribution in [0, 0.1) is 12.7 Å². The summed E-state index contributed by atoms with van der Waals surface area (Å²) in [4.78, 5) is 24.8. The van der Waals surface area contributed by atoms with Crippen LogP contribution in [0.2, 0.25) is 0 Å². The average molecular weight is 420 g/mol. The highest BCUT2D eigenvalue weighted by Gasteiger charge is 2.35. The summed E-state index contributed by atoms with van der Waals surface area (Å²) in [6.45, 7) is 2.50. The summed E-state index contributed by atoms with van der Waals surface area (Å²) in [7, 11) is 0. The molecular weight excluding hydrogens is 399 g/mol. The second kappa shape index (κ2) is 8.39. The van der Waals surface area contributed by atoms with Gasteiger partial charge in [0.05, 0.1) is 18.4 Å². The largest absolute Gasteiger partial charge is 0.368 e. The first-order valence-electron chi connectivity index (χ1n) is 9.71. The molecule has 1 aliphatic rings. The molecule has 0 fully saturated rings. The number of hydrazone groups is 1. The van der Waals surface area contributed by atoms with Crippen LogP contribution in [-0.4, -0.2) is 33.3 Å². The minimum absolute atomic E-state index is 0.0462. The molecule has 0 spiro atoms. The lowest BCUT2D eigenvalue weighted by Gasteiger charge is -2.20. The molecule has 31 heavy (non-hydrogen) atoms. The first-order valence-corrected chi connectivity index (χ1v) is 9.71. The number of rotatable bonds is 6. The van der Waals surface area contributed by atoms with Gasteiger partial charge in [-0.1, -0.05) is 29.8 Å². The molecule has 3 N–H and O–H groups in total. The van der Waals surface area contributed by atoms with Crippen LogP contribution in [0.1, 0.15) is 17.5 Å². The molecule has 158 valence electrons. The van der Waals surface area contributed by atoms with Crippen molar-refractivity contribution >= 4 is 29.0 Å². The summed E-state index contributed by atoms with van der Waals surface area (Å²) in [5, 5.41) is 12.7. The minimum atomic E-state index is -0.830. The maximum Gasteiger partial charge on any atom is 0.273 e. The van der Waals surface area contributed by atoms with Gasteiger partial charge in [0.2, 0.25) is 5.91 Å². The fourth-order valence-electron chi connectivity index (χ4n) is 3.44. The Kier molecular flexibility index (Phi) is 5.48. The summed E-state index contributed by atoms with van der Waals surface area (Å²) >= 11 is 0. The number of carbonyl (C=O) groups is 2. The Bertz CT molecular complexity index is 1150. The zero-order chi connectivity index (χ0) is 22.0. The lowest BCUT2D eigenvalue weighted by molar-refractivity contribution is -0.119. The predicted molar refractivity (Wildman–Crippen MR) is 115 cm³/mol. The molecule has 2 heterocycles. The Balaban J connectivity index is 1.52. The zero-order valence-corrected chi connectivity index (χ0v) is 16.8. The number of amides is 2. The van der Waals surface area contributed by atoms with Gasteiger partial charge in [-0.15, -0.1) is 0 Å². The lowest BCUT2D eigenvalue weighted by Crippen LogP contribution is -2.39. The van der Waals surface area contributed by atoms with Crippen LogP contribution in [0.25, 0.3) is 0 Å². The van der Waals surface area contributed by atoms with E-state index in [9.17, 15) is 14.0 Å². The van der Waals surface area contributed by atoms with E-state index in [1.54, 1.807) is 16.9 Å². The van der Waals surface area contributed by atoms with Crippen molar-refractivity contribution < 1.29 is 14.0 Å². The van der Waals surface area contributed by atoms with Crippen LogP contribution in [-0.2, 0) is 16.1 Å². The third-order valence-electron chi connectivity index (χ3n) is 4.97. The van der Waals surface area contributed by atoms with Crippen molar-refractivity contribution in [1.29, 1.82) is 0 Å². The van der Waals surface area contributed by atoms with Gasteiger partial charge >= 0.3 is 0 Å². The van der Waals surface area contributed by atoms with Crippen molar-refractivity contribution in [3.8, 4) is 0 Å². The predicted octanol–water partition coefficient (Wildman–Crippen LogP) is 2.44. The van der Waals surface area contributed by atoms with E-state index >= 15 is 0 Å². The highest BCUT2D eigenvalue weighted by atomic mass is 19.1. The van der Waals surface area contributed by atoms with Crippen molar-refractivity contribution in [3.63, 3.8) is 0 Å². The maximum absolute atomic E-state index is 13.2. The number of primary amides is 1. The van der Waals surface area contributed by atoms with Crippen molar-refractivity contribution in [1.82, 2.24) is 9.78 Å². The van der Waals surface area contributed by atoms with Gasteiger partial charge < -0.3 is 11.1 Å². The first kappa shape index (κ1) is 20.3.